The maximum atomic E-state index is 11.9. The highest BCUT2D eigenvalue weighted by Crippen LogP contribution is 2.10. The third-order valence-electron chi connectivity index (χ3n) is 3.08. The predicted octanol–water partition coefficient (Wildman–Crippen LogP) is 2.01. The van der Waals surface area contributed by atoms with Gasteiger partial charge in [-0.2, -0.15) is 0 Å². The Morgan fingerprint density at radius 2 is 1.78 bits per heavy atom. The maximum absolute atomic E-state index is 11.9. The number of nitrogens with zero attached hydrogens (tertiary/aromatic N) is 1. The standard InChI is InChI=1S/C16H23N3O4/c1-11(2)10-17-15(22)12-4-6-13(7-5-12)18-16(23)19(3)9-8-14(20)21/h4-7,11H,8-10H2,1-3H3,(H,17,22)(H,18,23)(H,20,21). The van der Waals surface area contributed by atoms with Gasteiger partial charge in [0.05, 0.1) is 6.42 Å². The van der Waals surface area contributed by atoms with Gasteiger partial charge in [-0.15, -0.1) is 0 Å². The molecular formula is C16H23N3O4. The highest BCUT2D eigenvalue weighted by Gasteiger charge is 2.11. The Balaban J connectivity index is 2.54. The highest BCUT2D eigenvalue weighted by molar-refractivity contribution is 5.95. The Morgan fingerprint density at radius 1 is 1.17 bits per heavy atom. The number of hydrogen-bond acceptors (Lipinski definition) is 3. The van der Waals surface area contributed by atoms with Gasteiger partial charge < -0.3 is 20.6 Å². The van der Waals surface area contributed by atoms with E-state index in [1.54, 1.807) is 24.3 Å². The van der Waals surface area contributed by atoms with Crippen LogP contribution in [0.15, 0.2) is 24.3 Å². The molecule has 0 spiro atoms. The number of carboxylic acid groups (broad SMARTS) is 1. The fourth-order valence-electron chi connectivity index (χ4n) is 1.69. The number of carbonyl (C=O) groups excluding carboxylic acids is 2. The first-order chi connectivity index (χ1) is 10.8. The van der Waals surface area contributed by atoms with Crippen molar-refractivity contribution in [2.45, 2.75) is 20.3 Å². The maximum Gasteiger partial charge on any atom is 0.321 e. The molecule has 0 aromatic heterocycles. The second-order valence-corrected chi connectivity index (χ2v) is 5.68. The molecule has 23 heavy (non-hydrogen) atoms. The predicted molar refractivity (Wildman–Crippen MR) is 87.5 cm³/mol. The van der Waals surface area contributed by atoms with Gasteiger partial charge in [0.2, 0.25) is 0 Å². The van der Waals surface area contributed by atoms with Crippen molar-refractivity contribution in [2.24, 2.45) is 5.92 Å². The zero-order valence-electron chi connectivity index (χ0n) is 13.6. The van der Waals surface area contributed by atoms with Crippen molar-refractivity contribution in [1.82, 2.24) is 10.2 Å². The number of rotatable bonds is 7. The molecule has 3 amide bonds. The molecular weight excluding hydrogens is 298 g/mol. The topological polar surface area (TPSA) is 98.7 Å². The van der Waals surface area contributed by atoms with Crippen LogP contribution in [0.4, 0.5) is 10.5 Å². The first-order valence-corrected chi connectivity index (χ1v) is 7.41. The zero-order valence-corrected chi connectivity index (χ0v) is 13.6. The Labute approximate surface area is 135 Å². The lowest BCUT2D eigenvalue weighted by molar-refractivity contribution is -0.137. The average molecular weight is 321 g/mol. The molecule has 0 saturated heterocycles. The molecule has 0 aliphatic heterocycles. The van der Waals surface area contributed by atoms with Crippen LogP contribution in [0.5, 0.6) is 0 Å². The van der Waals surface area contributed by atoms with E-state index in [0.29, 0.717) is 23.7 Å². The third kappa shape index (κ3) is 6.82. The van der Waals surface area contributed by atoms with Gasteiger partial charge in [0.15, 0.2) is 0 Å². The van der Waals surface area contributed by atoms with E-state index in [2.05, 4.69) is 10.6 Å². The van der Waals surface area contributed by atoms with Crippen molar-refractivity contribution in [3.63, 3.8) is 0 Å². The summed E-state index contributed by atoms with van der Waals surface area (Å²) in [5, 5.41) is 14.1. The van der Waals surface area contributed by atoms with E-state index < -0.39 is 12.0 Å². The quantitative estimate of drug-likeness (QED) is 0.715. The second kappa shape index (κ2) is 8.77. The number of carbonyl (C=O) groups is 3. The highest BCUT2D eigenvalue weighted by atomic mass is 16.4. The van der Waals surface area contributed by atoms with Gasteiger partial charge in [-0.1, -0.05) is 13.8 Å². The van der Waals surface area contributed by atoms with Crippen LogP contribution < -0.4 is 10.6 Å². The van der Waals surface area contributed by atoms with Crippen molar-refractivity contribution in [3.8, 4) is 0 Å². The van der Waals surface area contributed by atoms with E-state index in [0.717, 1.165) is 0 Å². The van der Waals surface area contributed by atoms with Gasteiger partial charge in [0, 0.05) is 31.4 Å². The van der Waals surface area contributed by atoms with Gasteiger partial charge in [-0.05, 0) is 30.2 Å². The molecule has 7 nitrogen and oxygen atoms in total. The molecule has 126 valence electrons. The molecule has 0 heterocycles. The minimum atomic E-state index is -0.957. The monoisotopic (exact) mass is 321 g/mol. The van der Waals surface area contributed by atoms with Gasteiger partial charge in [-0.25, -0.2) is 4.79 Å². The Morgan fingerprint density at radius 3 is 2.30 bits per heavy atom. The lowest BCUT2D eigenvalue weighted by atomic mass is 10.1. The van der Waals surface area contributed by atoms with E-state index in [-0.39, 0.29) is 18.9 Å². The van der Waals surface area contributed by atoms with Crippen LogP contribution in [0.25, 0.3) is 0 Å². The van der Waals surface area contributed by atoms with Crippen LogP contribution >= 0.6 is 0 Å². The zero-order chi connectivity index (χ0) is 17.4. The summed E-state index contributed by atoms with van der Waals surface area (Å²) in [4.78, 5) is 35.5. The number of nitrogens with one attached hydrogen (secondary N) is 2. The molecule has 0 atom stereocenters. The smallest absolute Gasteiger partial charge is 0.321 e. The van der Waals surface area contributed by atoms with Crippen LogP contribution in [0, 0.1) is 5.92 Å². The first-order valence-electron chi connectivity index (χ1n) is 7.41. The van der Waals surface area contributed by atoms with Crippen molar-refractivity contribution in [3.05, 3.63) is 29.8 Å². The van der Waals surface area contributed by atoms with Crippen LogP contribution in [0.2, 0.25) is 0 Å². The number of benzene rings is 1. The summed E-state index contributed by atoms with van der Waals surface area (Å²) in [7, 11) is 1.52. The minimum absolute atomic E-state index is 0.112. The van der Waals surface area contributed by atoms with Crippen LogP contribution in [-0.4, -0.2) is 48.1 Å². The van der Waals surface area contributed by atoms with Crippen LogP contribution in [0.1, 0.15) is 30.6 Å². The van der Waals surface area contributed by atoms with E-state index in [1.807, 2.05) is 13.8 Å². The fraction of sp³-hybridized carbons (Fsp3) is 0.438. The molecule has 1 rings (SSSR count). The molecule has 7 heteroatoms. The van der Waals surface area contributed by atoms with Gasteiger partial charge >= 0.3 is 12.0 Å². The Kier molecular flexibility index (Phi) is 7.05. The molecule has 1 aromatic carbocycles. The van der Waals surface area contributed by atoms with Gasteiger partial charge in [0.25, 0.3) is 5.91 Å². The van der Waals surface area contributed by atoms with Crippen LogP contribution in [0.3, 0.4) is 0 Å². The van der Waals surface area contributed by atoms with E-state index in [1.165, 1.54) is 11.9 Å². The summed E-state index contributed by atoms with van der Waals surface area (Å²) >= 11 is 0. The SMILES string of the molecule is CC(C)CNC(=O)c1ccc(NC(=O)N(C)CCC(=O)O)cc1. The number of hydrogen-bond donors (Lipinski definition) is 3. The minimum Gasteiger partial charge on any atom is -0.481 e. The van der Waals surface area contributed by atoms with Crippen LogP contribution in [-0.2, 0) is 4.79 Å². The lowest BCUT2D eigenvalue weighted by Gasteiger charge is -2.17. The molecule has 0 aliphatic carbocycles. The summed E-state index contributed by atoms with van der Waals surface area (Å²) in [6, 6.07) is 6.12. The Hall–Kier alpha value is -2.57. The normalized spacial score (nSPS) is 10.3. The van der Waals surface area contributed by atoms with Gasteiger partial charge in [-0.3, -0.25) is 9.59 Å². The number of amides is 3. The van der Waals surface area contributed by atoms with Crippen molar-refractivity contribution in [2.75, 3.05) is 25.5 Å². The molecule has 3 N–H and O–H groups in total. The molecule has 0 unspecified atom stereocenters. The molecule has 0 bridgehead atoms. The summed E-state index contributed by atoms with van der Waals surface area (Å²) in [5.74, 6) is -0.740. The van der Waals surface area contributed by atoms with Crippen molar-refractivity contribution in [1.29, 1.82) is 0 Å². The number of carboxylic acids is 1. The molecule has 0 radical (unpaired) electrons. The lowest BCUT2D eigenvalue weighted by Crippen LogP contribution is -2.33. The second-order valence-electron chi connectivity index (χ2n) is 5.68. The number of aliphatic carboxylic acids is 1. The molecule has 0 fully saturated rings. The molecule has 0 saturated carbocycles. The average Bonchev–Trinajstić information content (AvgIpc) is 2.50. The molecule has 1 aromatic rings. The Bertz CT molecular complexity index is 555. The fourth-order valence-corrected chi connectivity index (χ4v) is 1.69. The van der Waals surface area contributed by atoms with E-state index in [9.17, 15) is 14.4 Å². The van der Waals surface area contributed by atoms with Gasteiger partial charge in [0.1, 0.15) is 0 Å². The summed E-state index contributed by atoms with van der Waals surface area (Å²) in [5.41, 5.74) is 1.06. The van der Waals surface area contributed by atoms with E-state index >= 15 is 0 Å². The third-order valence-corrected chi connectivity index (χ3v) is 3.08. The van der Waals surface area contributed by atoms with E-state index in [4.69, 9.17) is 5.11 Å². The summed E-state index contributed by atoms with van der Waals surface area (Å²) < 4.78 is 0. The number of urea groups is 1. The van der Waals surface area contributed by atoms with Crippen molar-refractivity contribution >= 4 is 23.6 Å². The molecule has 0 aliphatic rings. The summed E-state index contributed by atoms with van der Waals surface area (Å²) in [6.07, 6.45) is -0.112. The number of anilines is 1. The first kappa shape index (κ1) is 18.5. The van der Waals surface area contributed by atoms with Crippen molar-refractivity contribution < 1.29 is 19.5 Å². The summed E-state index contributed by atoms with van der Waals surface area (Å²) in [6.45, 7) is 4.75. The largest absolute Gasteiger partial charge is 0.481 e.